The molecule has 0 amide bonds. The van der Waals surface area contributed by atoms with Crippen LogP contribution in [0.3, 0.4) is 0 Å². The van der Waals surface area contributed by atoms with Gasteiger partial charge in [-0.3, -0.25) is 4.68 Å². The van der Waals surface area contributed by atoms with Crippen molar-refractivity contribution in [2.45, 2.75) is 17.4 Å². The first kappa shape index (κ1) is 9.67. The third kappa shape index (κ3) is 1.80. The molecule has 1 fully saturated rings. The monoisotopic (exact) mass is 215 g/mol. The number of sulfone groups is 1. The molecule has 1 saturated heterocycles. The fourth-order valence-corrected chi connectivity index (χ4v) is 2.12. The number of nitrogens with one attached hydrogen (secondary N) is 1. The van der Waals surface area contributed by atoms with Crippen molar-refractivity contribution in [3.05, 3.63) is 12.4 Å². The van der Waals surface area contributed by atoms with Gasteiger partial charge in [-0.1, -0.05) is 0 Å². The zero-order valence-corrected chi connectivity index (χ0v) is 8.79. The quantitative estimate of drug-likeness (QED) is 0.743. The average molecular weight is 215 g/mol. The molecule has 1 N–H and O–H groups in total. The molecule has 1 aromatic heterocycles. The molecule has 1 unspecified atom stereocenters. The van der Waals surface area contributed by atoms with Gasteiger partial charge in [0.25, 0.3) is 0 Å². The fourth-order valence-electron chi connectivity index (χ4n) is 1.58. The molecule has 1 aromatic rings. The average Bonchev–Trinajstić information content (AvgIpc) is 2.73. The summed E-state index contributed by atoms with van der Waals surface area (Å²) in [6.45, 7) is 1.84. The Hall–Kier alpha value is -0.880. The van der Waals surface area contributed by atoms with Crippen molar-refractivity contribution < 1.29 is 8.42 Å². The minimum absolute atomic E-state index is 0.296. The molecule has 0 aromatic carbocycles. The summed E-state index contributed by atoms with van der Waals surface area (Å²) in [5, 5.41) is 7.27. The highest BCUT2D eigenvalue weighted by Crippen LogP contribution is 2.16. The topological polar surface area (TPSA) is 64.0 Å². The lowest BCUT2D eigenvalue weighted by molar-refractivity contribution is 0.489. The van der Waals surface area contributed by atoms with Gasteiger partial charge >= 0.3 is 0 Å². The first-order chi connectivity index (χ1) is 6.57. The van der Waals surface area contributed by atoms with Gasteiger partial charge in [-0.25, -0.2) is 8.42 Å². The predicted molar refractivity (Wildman–Crippen MR) is 51.9 cm³/mol. The summed E-state index contributed by atoms with van der Waals surface area (Å²) in [6, 6.07) is 0.297. The lowest BCUT2D eigenvalue weighted by Gasteiger charge is -2.07. The maximum Gasteiger partial charge on any atom is 0.178 e. The Balaban J connectivity index is 2.25. The summed E-state index contributed by atoms with van der Waals surface area (Å²) in [6.07, 6.45) is 5.22. The van der Waals surface area contributed by atoms with E-state index < -0.39 is 9.84 Å². The van der Waals surface area contributed by atoms with E-state index in [1.165, 1.54) is 12.5 Å². The molecule has 0 bridgehead atoms. The van der Waals surface area contributed by atoms with Crippen LogP contribution in [-0.4, -0.2) is 37.5 Å². The molecule has 78 valence electrons. The normalized spacial score (nSPS) is 22.8. The Morgan fingerprint density at radius 3 is 2.93 bits per heavy atom. The maximum atomic E-state index is 11.2. The molecule has 14 heavy (non-hydrogen) atoms. The molecular weight excluding hydrogens is 202 g/mol. The Morgan fingerprint density at radius 2 is 2.43 bits per heavy atom. The molecule has 0 aliphatic carbocycles. The lowest BCUT2D eigenvalue weighted by Crippen LogP contribution is -2.13. The van der Waals surface area contributed by atoms with Crippen molar-refractivity contribution >= 4 is 9.84 Å². The van der Waals surface area contributed by atoms with Gasteiger partial charge in [-0.05, 0) is 13.0 Å². The van der Waals surface area contributed by atoms with Gasteiger partial charge < -0.3 is 5.32 Å². The second kappa shape index (κ2) is 3.36. The number of nitrogens with zero attached hydrogens (tertiary/aromatic N) is 2. The summed E-state index contributed by atoms with van der Waals surface area (Å²) in [5.41, 5.74) is 0. The molecule has 0 spiro atoms. The molecule has 0 radical (unpaired) electrons. The minimum Gasteiger partial charge on any atom is -0.315 e. The van der Waals surface area contributed by atoms with E-state index in [1.807, 2.05) is 0 Å². The van der Waals surface area contributed by atoms with E-state index in [0.29, 0.717) is 10.9 Å². The fraction of sp³-hybridized carbons (Fsp3) is 0.625. The third-order valence-electron chi connectivity index (χ3n) is 2.41. The SMILES string of the molecule is CS(=O)(=O)c1cnn(C2CCNC2)c1. The standard InChI is InChI=1S/C8H13N3O2S/c1-14(12,13)8-5-10-11(6-8)7-2-3-9-4-7/h5-7,9H,2-4H2,1H3. The van der Waals surface area contributed by atoms with Gasteiger partial charge in [-0.15, -0.1) is 0 Å². The van der Waals surface area contributed by atoms with Gasteiger partial charge in [0.05, 0.1) is 12.2 Å². The molecule has 5 nitrogen and oxygen atoms in total. The molecule has 2 rings (SSSR count). The highest BCUT2D eigenvalue weighted by Gasteiger charge is 2.19. The molecule has 1 aliphatic rings. The molecule has 6 heteroatoms. The molecule has 2 heterocycles. The van der Waals surface area contributed by atoms with Crippen LogP contribution < -0.4 is 5.32 Å². The number of hydrogen-bond acceptors (Lipinski definition) is 4. The van der Waals surface area contributed by atoms with Crippen LogP contribution in [0.15, 0.2) is 17.3 Å². The van der Waals surface area contributed by atoms with Crippen molar-refractivity contribution in [1.82, 2.24) is 15.1 Å². The van der Waals surface area contributed by atoms with Crippen molar-refractivity contribution in [1.29, 1.82) is 0 Å². The van der Waals surface area contributed by atoms with E-state index in [9.17, 15) is 8.42 Å². The molecule has 1 aliphatic heterocycles. The van der Waals surface area contributed by atoms with Crippen LogP contribution in [-0.2, 0) is 9.84 Å². The van der Waals surface area contributed by atoms with Gasteiger partial charge in [0, 0.05) is 19.0 Å². The second-order valence-electron chi connectivity index (χ2n) is 3.57. The first-order valence-electron chi connectivity index (χ1n) is 4.52. The zero-order chi connectivity index (χ0) is 10.2. The summed E-state index contributed by atoms with van der Waals surface area (Å²) in [4.78, 5) is 0.296. The zero-order valence-electron chi connectivity index (χ0n) is 7.97. The molecule has 0 saturated carbocycles. The predicted octanol–water partition coefficient (Wildman–Crippen LogP) is -0.179. The smallest absolute Gasteiger partial charge is 0.178 e. The number of aromatic nitrogens is 2. The van der Waals surface area contributed by atoms with Crippen LogP contribution in [0.4, 0.5) is 0 Å². The van der Waals surface area contributed by atoms with Crippen molar-refractivity contribution in [3.63, 3.8) is 0 Å². The number of hydrogen-bond donors (Lipinski definition) is 1. The summed E-state index contributed by atoms with van der Waals surface area (Å²) < 4.78 is 24.1. The molecule has 1 atom stereocenters. The van der Waals surface area contributed by atoms with Crippen molar-refractivity contribution in [3.8, 4) is 0 Å². The maximum absolute atomic E-state index is 11.2. The summed E-state index contributed by atoms with van der Waals surface area (Å²) in [7, 11) is -3.12. The Morgan fingerprint density at radius 1 is 1.64 bits per heavy atom. The summed E-state index contributed by atoms with van der Waals surface area (Å²) in [5.74, 6) is 0. The van der Waals surface area contributed by atoms with Crippen LogP contribution in [0, 0.1) is 0 Å². The van der Waals surface area contributed by atoms with Gasteiger partial charge in [-0.2, -0.15) is 5.10 Å². The van der Waals surface area contributed by atoms with Gasteiger partial charge in [0.2, 0.25) is 0 Å². The van der Waals surface area contributed by atoms with E-state index in [-0.39, 0.29) is 0 Å². The van der Waals surface area contributed by atoms with Crippen molar-refractivity contribution in [2.75, 3.05) is 19.3 Å². The lowest BCUT2D eigenvalue weighted by atomic mass is 10.3. The van der Waals surface area contributed by atoms with Crippen LogP contribution in [0.1, 0.15) is 12.5 Å². The third-order valence-corrected chi connectivity index (χ3v) is 3.48. The molecular formula is C8H13N3O2S. The minimum atomic E-state index is -3.12. The summed E-state index contributed by atoms with van der Waals surface area (Å²) >= 11 is 0. The van der Waals surface area contributed by atoms with Gasteiger partial charge in [0.1, 0.15) is 4.90 Å². The van der Waals surface area contributed by atoms with Crippen LogP contribution in [0.2, 0.25) is 0 Å². The van der Waals surface area contributed by atoms with E-state index in [0.717, 1.165) is 19.5 Å². The van der Waals surface area contributed by atoms with E-state index in [4.69, 9.17) is 0 Å². The van der Waals surface area contributed by atoms with E-state index in [2.05, 4.69) is 10.4 Å². The van der Waals surface area contributed by atoms with Gasteiger partial charge in [0.15, 0.2) is 9.84 Å². The van der Waals surface area contributed by atoms with Crippen molar-refractivity contribution in [2.24, 2.45) is 0 Å². The van der Waals surface area contributed by atoms with Crippen LogP contribution in [0.5, 0.6) is 0 Å². The Bertz CT molecular complexity index is 418. The van der Waals surface area contributed by atoms with Crippen LogP contribution >= 0.6 is 0 Å². The number of rotatable bonds is 2. The van der Waals surface area contributed by atoms with E-state index >= 15 is 0 Å². The van der Waals surface area contributed by atoms with Crippen LogP contribution in [0.25, 0.3) is 0 Å². The second-order valence-corrected chi connectivity index (χ2v) is 5.59. The Kier molecular flexibility index (Phi) is 2.32. The first-order valence-corrected chi connectivity index (χ1v) is 6.41. The van der Waals surface area contributed by atoms with E-state index in [1.54, 1.807) is 10.9 Å². The highest BCUT2D eigenvalue weighted by atomic mass is 32.2. The largest absolute Gasteiger partial charge is 0.315 e. The highest BCUT2D eigenvalue weighted by molar-refractivity contribution is 7.90. The Labute approximate surface area is 83.0 Å².